The van der Waals surface area contributed by atoms with Crippen LogP contribution in [0.25, 0.3) is 0 Å². The normalized spacial score (nSPS) is 14.6. The van der Waals surface area contributed by atoms with E-state index >= 15 is 0 Å². The van der Waals surface area contributed by atoms with E-state index in [-0.39, 0.29) is 11.1 Å². The molecule has 1 aliphatic heterocycles. The molecule has 0 radical (unpaired) electrons. The van der Waals surface area contributed by atoms with Crippen LogP contribution in [0, 0.1) is 0 Å². The SMILES string of the molecule is NNC(=O)c1ccc(OCCN2CCSC2=O)cc1. The number of rotatable bonds is 5. The maximum Gasteiger partial charge on any atom is 0.281 e. The molecule has 1 fully saturated rings. The molecule has 0 aliphatic carbocycles. The lowest BCUT2D eigenvalue weighted by Crippen LogP contribution is -2.30. The fraction of sp³-hybridized carbons (Fsp3) is 0.333. The van der Waals surface area contributed by atoms with Gasteiger partial charge in [-0.25, -0.2) is 5.84 Å². The second-order valence-electron chi connectivity index (χ2n) is 3.95. The molecule has 3 N–H and O–H groups in total. The lowest BCUT2D eigenvalue weighted by molar-refractivity contribution is 0.0953. The number of nitrogen functional groups attached to an aromatic ring is 1. The molecular weight excluding hydrogens is 266 g/mol. The Morgan fingerprint density at radius 2 is 2.16 bits per heavy atom. The van der Waals surface area contributed by atoms with Gasteiger partial charge in [-0.05, 0) is 24.3 Å². The molecule has 7 heteroatoms. The molecule has 0 atom stereocenters. The van der Waals surface area contributed by atoms with E-state index in [4.69, 9.17) is 10.6 Å². The molecule has 1 aromatic rings. The van der Waals surface area contributed by atoms with Gasteiger partial charge in [-0.15, -0.1) is 0 Å². The molecular formula is C12H15N3O3S. The summed E-state index contributed by atoms with van der Waals surface area (Å²) in [5, 5.41) is 0.110. The van der Waals surface area contributed by atoms with Gasteiger partial charge in [-0.1, -0.05) is 11.8 Å². The molecule has 0 saturated carbocycles. The lowest BCUT2D eigenvalue weighted by Gasteiger charge is -2.14. The first kappa shape index (κ1) is 13.7. The van der Waals surface area contributed by atoms with Crippen molar-refractivity contribution >= 4 is 22.9 Å². The second kappa shape index (κ2) is 6.44. The summed E-state index contributed by atoms with van der Waals surface area (Å²) in [6.07, 6.45) is 0. The van der Waals surface area contributed by atoms with Gasteiger partial charge in [0.2, 0.25) is 0 Å². The molecule has 1 aromatic carbocycles. The van der Waals surface area contributed by atoms with Gasteiger partial charge in [-0.2, -0.15) is 0 Å². The minimum absolute atomic E-state index is 0.110. The van der Waals surface area contributed by atoms with E-state index in [1.165, 1.54) is 11.8 Å². The number of amides is 2. The maximum absolute atomic E-state index is 11.3. The molecule has 2 amide bonds. The monoisotopic (exact) mass is 281 g/mol. The smallest absolute Gasteiger partial charge is 0.281 e. The highest BCUT2D eigenvalue weighted by atomic mass is 32.2. The Kier molecular flexibility index (Phi) is 4.64. The van der Waals surface area contributed by atoms with Crippen molar-refractivity contribution in [2.75, 3.05) is 25.4 Å². The number of nitrogens with two attached hydrogens (primary N) is 1. The zero-order valence-corrected chi connectivity index (χ0v) is 11.1. The number of carbonyl (C=O) groups excluding carboxylic acids is 2. The molecule has 19 heavy (non-hydrogen) atoms. The van der Waals surface area contributed by atoms with Gasteiger partial charge in [0.1, 0.15) is 12.4 Å². The number of benzene rings is 1. The lowest BCUT2D eigenvalue weighted by atomic mass is 10.2. The number of nitrogens with zero attached hydrogens (tertiary/aromatic N) is 1. The first-order chi connectivity index (χ1) is 9.20. The Morgan fingerprint density at radius 3 is 2.74 bits per heavy atom. The van der Waals surface area contributed by atoms with Gasteiger partial charge in [0, 0.05) is 17.9 Å². The third kappa shape index (κ3) is 3.62. The van der Waals surface area contributed by atoms with Crippen LogP contribution in [0.15, 0.2) is 24.3 Å². The highest BCUT2D eigenvalue weighted by molar-refractivity contribution is 8.13. The van der Waals surface area contributed by atoms with Crippen LogP contribution in [0.4, 0.5) is 4.79 Å². The van der Waals surface area contributed by atoms with Crippen molar-refractivity contribution in [2.45, 2.75) is 0 Å². The van der Waals surface area contributed by atoms with Crippen LogP contribution >= 0.6 is 11.8 Å². The van der Waals surface area contributed by atoms with E-state index in [0.717, 1.165) is 12.3 Å². The molecule has 0 unspecified atom stereocenters. The van der Waals surface area contributed by atoms with E-state index in [2.05, 4.69) is 5.43 Å². The van der Waals surface area contributed by atoms with Crippen LogP contribution in [-0.2, 0) is 0 Å². The number of nitrogens with one attached hydrogen (secondary N) is 1. The van der Waals surface area contributed by atoms with Crippen molar-refractivity contribution < 1.29 is 14.3 Å². The van der Waals surface area contributed by atoms with E-state index in [9.17, 15) is 9.59 Å². The largest absolute Gasteiger partial charge is 0.492 e. The minimum Gasteiger partial charge on any atom is -0.492 e. The summed E-state index contributed by atoms with van der Waals surface area (Å²) in [4.78, 5) is 24.3. The molecule has 0 bridgehead atoms. The van der Waals surface area contributed by atoms with Crippen LogP contribution in [0.5, 0.6) is 5.75 Å². The first-order valence-corrected chi connectivity index (χ1v) is 6.85. The molecule has 1 heterocycles. The summed E-state index contributed by atoms with van der Waals surface area (Å²) in [5.74, 6) is 6.20. The summed E-state index contributed by atoms with van der Waals surface area (Å²) < 4.78 is 5.52. The highest BCUT2D eigenvalue weighted by Crippen LogP contribution is 2.17. The van der Waals surface area contributed by atoms with Gasteiger partial charge in [0.25, 0.3) is 11.1 Å². The van der Waals surface area contributed by atoms with Gasteiger partial charge >= 0.3 is 0 Å². The van der Waals surface area contributed by atoms with E-state index in [1.807, 2.05) is 0 Å². The third-order valence-electron chi connectivity index (χ3n) is 2.72. The van der Waals surface area contributed by atoms with Crippen LogP contribution in [0.2, 0.25) is 0 Å². The summed E-state index contributed by atoms with van der Waals surface area (Å²) in [6, 6.07) is 6.67. The fourth-order valence-corrected chi connectivity index (χ4v) is 2.54. The Bertz CT molecular complexity index is 464. The minimum atomic E-state index is -0.341. The summed E-state index contributed by atoms with van der Waals surface area (Å²) in [5.41, 5.74) is 2.53. The van der Waals surface area contributed by atoms with Gasteiger partial charge in [-0.3, -0.25) is 15.0 Å². The highest BCUT2D eigenvalue weighted by Gasteiger charge is 2.20. The van der Waals surface area contributed by atoms with Gasteiger partial charge in [0.05, 0.1) is 6.54 Å². The topological polar surface area (TPSA) is 84.7 Å². The molecule has 1 saturated heterocycles. The number of carbonyl (C=O) groups is 2. The number of ether oxygens (including phenoxy) is 1. The van der Waals surface area contributed by atoms with Crippen LogP contribution < -0.4 is 16.0 Å². The summed E-state index contributed by atoms with van der Waals surface area (Å²) in [6.45, 7) is 1.80. The van der Waals surface area contributed by atoms with Crippen molar-refractivity contribution in [2.24, 2.45) is 5.84 Å². The van der Waals surface area contributed by atoms with E-state index in [1.54, 1.807) is 29.2 Å². The Hall–Kier alpha value is -1.73. The van der Waals surface area contributed by atoms with Crippen molar-refractivity contribution in [3.8, 4) is 5.75 Å². The number of hydrogen-bond donors (Lipinski definition) is 2. The van der Waals surface area contributed by atoms with Crippen molar-refractivity contribution in [1.82, 2.24) is 10.3 Å². The standard InChI is InChI=1S/C12H15N3O3S/c13-14-11(16)9-1-3-10(4-2-9)18-7-5-15-6-8-19-12(15)17/h1-4H,5-8,13H2,(H,14,16). The fourth-order valence-electron chi connectivity index (χ4n) is 1.69. The zero-order chi connectivity index (χ0) is 13.7. The van der Waals surface area contributed by atoms with Crippen LogP contribution in [0.3, 0.4) is 0 Å². The summed E-state index contributed by atoms with van der Waals surface area (Å²) >= 11 is 1.33. The van der Waals surface area contributed by atoms with Crippen molar-refractivity contribution in [1.29, 1.82) is 0 Å². The molecule has 1 aliphatic rings. The number of hydrogen-bond acceptors (Lipinski definition) is 5. The predicted molar refractivity (Wildman–Crippen MR) is 73.0 cm³/mol. The molecule has 0 aromatic heterocycles. The quantitative estimate of drug-likeness (QED) is 0.474. The van der Waals surface area contributed by atoms with E-state index in [0.29, 0.717) is 24.5 Å². The van der Waals surface area contributed by atoms with E-state index < -0.39 is 0 Å². The molecule has 6 nitrogen and oxygen atoms in total. The Morgan fingerprint density at radius 1 is 1.42 bits per heavy atom. The molecule has 102 valence electrons. The van der Waals surface area contributed by atoms with Crippen molar-refractivity contribution in [3.05, 3.63) is 29.8 Å². The average molecular weight is 281 g/mol. The Labute approximate surface area is 115 Å². The summed E-state index contributed by atoms with van der Waals surface area (Å²) in [7, 11) is 0. The predicted octanol–water partition coefficient (Wildman–Crippen LogP) is 0.838. The van der Waals surface area contributed by atoms with Crippen LogP contribution in [0.1, 0.15) is 10.4 Å². The Balaban J connectivity index is 1.80. The number of thioether (sulfide) groups is 1. The molecule has 0 spiro atoms. The average Bonchev–Trinajstić information content (AvgIpc) is 2.84. The van der Waals surface area contributed by atoms with Crippen molar-refractivity contribution in [3.63, 3.8) is 0 Å². The number of hydrazine groups is 1. The maximum atomic E-state index is 11.3. The van der Waals surface area contributed by atoms with Gasteiger partial charge < -0.3 is 9.64 Å². The molecule has 2 rings (SSSR count). The third-order valence-corrected chi connectivity index (χ3v) is 3.61. The van der Waals surface area contributed by atoms with Crippen LogP contribution in [-0.4, -0.2) is 41.5 Å². The van der Waals surface area contributed by atoms with Gasteiger partial charge in [0.15, 0.2) is 0 Å². The first-order valence-electron chi connectivity index (χ1n) is 5.86. The second-order valence-corrected chi connectivity index (χ2v) is 4.99. The zero-order valence-electron chi connectivity index (χ0n) is 10.3.